The summed E-state index contributed by atoms with van der Waals surface area (Å²) in [6, 6.07) is 8.59. The molecular weight excluding hydrogens is 434 g/mol. The van der Waals surface area contributed by atoms with Crippen molar-refractivity contribution in [3.05, 3.63) is 81.8 Å². The number of H-pyrrole nitrogens is 1. The van der Waals surface area contributed by atoms with Crippen molar-refractivity contribution in [3.63, 3.8) is 0 Å². The smallest absolute Gasteiger partial charge is 0.278 e. The summed E-state index contributed by atoms with van der Waals surface area (Å²) in [5, 5.41) is 16.1. The van der Waals surface area contributed by atoms with Gasteiger partial charge in [0.1, 0.15) is 0 Å². The van der Waals surface area contributed by atoms with Gasteiger partial charge in [0.05, 0.1) is 29.3 Å². The predicted octanol–water partition coefficient (Wildman–Crippen LogP) is 3.37. The lowest BCUT2D eigenvalue weighted by molar-refractivity contribution is 0.101. The van der Waals surface area contributed by atoms with E-state index in [-0.39, 0.29) is 16.3 Å². The van der Waals surface area contributed by atoms with Crippen molar-refractivity contribution in [3.8, 4) is 17.1 Å². The van der Waals surface area contributed by atoms with Gasteiger partial charge in [-0.1, -0.05) is 28.9 Å². The molecule has 0 atom stereocenters. The Labute approximate surface area is 184 Å². The first-order valence-corrected chi connectivity index (χ1v) is 9.81. The van der Waals surface area contributed by atoms with Crippen molar-refractivity contribution in [1.82, 2.24) is 30.1 Å². The highest BCUT2D eigenvalue weighted by Gasteiger charge is 2.22. The average Bonchev–Trinajstić information content (AvgIpc) is 3.44. The van der Waals surface area contributed by atoms with Crippen LogP contribution in [-0.4, -0.2) is 36.0 Å². The standard InChI is InChI=1S/C21H14ClN7O3/c1-11-17(21(31)27-12-9-16(22)19(24-10-12)29-25-7-8-26-29)28-32-18(11)14-3-2-4-15-13(14)5-6-23-20(15)30/h2-10H,1H3,(H,23,30)(H,27,31). The lowest BCUT2D eigenvalue weighted by Gasteiger charge is -2.07. The number of aromatic nitrogens is 6. The number of carbonyl (C=O) groups excluding carboxylic acids is 1. The zero-order valence-electron chi connectivity index (χ0n) is 16.5. The van der Waals surface area contributed by atoms with Gasteiger partial charge < -0.3 is 14.8 Å². The number of carbonyl (C=O) groups is 1. The number of fused-ring (bicyclic) bond motifs is 1. The Morgan fingerprint density at radius 2 is 2.00 bits per heavy atom. The molecule has 0 aliphatic rings. The molecule has 0 fully saturated rings. The van der Waals surface area contributed by atoms with Gasteiger partial charge >= 0.3 is 0 Å². The highest BCUT2D eigenvalue weighted by atomic mass is 35.5. The van der Waals surface area contributed by atoms with Gasteiger partial charge in [-0.2, -0.15) is 10.2 Å². The van der Waals surface area contributed by atoms with E-state index in [1.165, 1.54) is 23.4 Å². The number of nitrogens with zero attached hydrogens (tertiary/aromatic N) is 5. The van der Waals surface area contributed by atoms with Crippen LogP contribution in [0.5, 0.6) is 0 Å². The molecule has 0 bridgehead atoms. The molecule has 2 N–H and O–H groups in total. The number of aromatic amines is 1. The fourth-order valence-electron chi connectivity index (χ4n) is 3.38. The quantitative estimate of drug-likeness (QED) is 0.431. The Morgan fingerprint density at radius 3 is 2.78 bits per heavy atom. The normalized spacial score (nSPS) is 11.1. The first-order valence-electron chi connectivity index (χ1n) is 9.43. The monoisotopic (exact) mass is 447 g/mol. The van der Waals surface area contributed by atoms with Crippen LogP contribution >= 0.6 is 11.6 Å². The first kappa shape index (κ1) is 19.6. The molecule has 5 aromatic rings. The maximum absolute atomic E-state index is 12.8. The summed E-state index contributed by atoms with van der Waals surface area (Å²) in [5.41, 5.74) is 1.47. The number of hydrogen-bond donors (Lipinski definition) is 2. The summed E-state index contributed by atoms with van der Waals surface area (Å²) in [6.45, 7) is 1.73. The highest BCUT2D eigenvalue weighted by Crippen LogP contribution is 2.31. The number of halogens is 1. The van der Waals surface area contributed by atoms with Crippen molar-refractivity contribution >= 4 is 34.0 Å². The topological polar surface area (TPSA) is 132 Å². The third-order valence-electron chi connectivity index (χ3n) is 4.89. The Kier molecular flexibility index (Phi) is 4.75. The zero-order chi connectivity index (χ0) is 22.2. The lowest BCUT2D eigenvalue weighted by Crippen LogP contribution is -2.14. The summed E-state index contributed by atoms with van der Waals surface area (Å²) in [4.78, 5) is 33.0. The molecule has 0 spiro atoms. The Balaban J connectivity index is 1.45. The zero-order valence-corrected chi connectivity index (χ0v) is 17.3. The molecule has 0 aliphatic heterocycles. The van der Waals surface area contributed by atoms with Crippen LogP contribution in [0.1, 0.15) is 16.1 Å². The number of amides is 1. The van der Waals surface area contributed by atoms with E-state index >= 15 is 0 Å². The maximum Gasteiger partial charge on any atom is 0.278 e. The third-order valence-corrected chi connectivity index (χ3v) is 5.16. The molecule has 4 heterocycles. The molecule has 0 aliphatic carbocycles. The van der Waals surface area contributed by atoms with Crippen molar-refractivity contribution in [2.24, 2.45) is 0 Å². The van der Waals surface area contributed by atoms with E-state index in [1.807, 2.05) is 6.07 Å². The van der Waals surface area contributed by atoms with Crippen LogP contribution in [0.2, 0.25) is 5.02 Å². The third kappa shape index (κ3) is 3.32. The minimum Gasteiger partial charge on any atom is -0.355 e. The lowest BCUT2D eigenvalue weighted by atomic mass is 10.0. The number of hydrogen-bond acceptors (Lipinski definition) is 7. The molecule has 0 saturated carbocycles. The number of pyridine rings is 2. The number of rotatable bonds is 4. The Bertz CT molecular complexity index is 1520. The summed E-state index contributed by atoms with van der Waals surface area (Å²) < 4.78 is 5.50. The van der Waals surface area contributed by atoms with Crippen LogP contribution < -0.4 is 10.9 Å². The Morgan fingerprint density at radius 1 is 1.19 bits per heavy atom. The van der Waals surface area contributed by atoms with Gasteiger partial charge in [-0.25, -0.2) is 4.98 Å². The van der Waals surface area contributed by atoms with Crippen LogP contribution in [0.25, 0.3) is 27.9 Å². The molecule has 158 valence electrons. The van der Waals surface area contributed by atoms with Crippen LogP contribution in [0.15, 0.2) is 64.4 Å². The molecular formula is C21H14ClN7O3. The Hall–Kier alpha value is -4.31. The minimum absolute atomic E-state index is 0.107. The van der Waals surface area contributed by atoms with Gasteiger partial charge in [-0.15, -0.1) is 4.80 Å². The summed E-state index contributed by atoms with van der Waals surface area (Å²) in [5.74, 6) is 0.251. The number of nitrogens with one attached hydrogen (secondary N) is 2. The van der Waals surface area contributed by atoms with Gasteiger partial charge in [-0.3, -0.25) is 9.59 Å². The molecule has 32 heavy (non-hydrogen) atoms. The van der Waals surface area contributed by atoms with Crippen molar-refractivity contribution in [2.45, 2.75) is 6.92 Å². The van der Waals surface area contributed by atoms with E-state index < -0.39 is 5.91 Å². The molecule has 1 amide bonds. The van der Waals surface area contributed by atoms with Gasteiger partial charge in [0.2, 0.25) is 0 Å². The fourth-order valence-corrected chi connectivity index (χ4v) is 3.62. The molecule has 0 saturated heterocycles. The predicted molar refractivity (Wildman–Crippen MR) is 117 cm³/mol. The van der Waals surface area contributed by atoms with E-state index in [9.17, 15) is 9.59 Å². The molecule has 0 radical (unpaired) electrons. The van der Waals surface area contributed by atoms with Crippen LogP contribution in [0.4, 0.5) is 5.69 Å². The molecule has 0 unspecified atom stereocenters. The van der Waals surface area contributed by atoms with Gasteiger partial charge in [0.25, 0.3) is 11.5 Å². The summed E-state index contributed by atoms with van der Waals surface area (Å²) in [7, 11) is 0. The van der Waals surface area contributed by atoms with E-state index in [2.05, 4.69) is 30.6 Å². The molecule has 11 heteroatoms. The SMILES string of the molecule is Cc1c(C(=O)Nc2cnc(-n3nccn3)c(Cl)c2)noc1-c1cccc2c(=O)[nH]ccc12. The number of benzene rings is 1. The van der Waals surface area contributed by atoms with Crippen molar-refractivity contribution < 1.29 is 9.32 Å². The first-order chi connectivity index (χ1) is 15.5. The second-order valence-corrected chi connectivity index (χ2v) is 7.27. The van der Waals surface area contributed by atoms with Gasteiger partial charge in [0, 0.05) is 22.7 Å². The van der Waals surface area contributed by atoms with E-state index in [0.717, 1.165) is 0 Å². The molecule has 4 aromatic heterocycles. The maximum atomic E-state index is 12.8. The van der Waals surface area contributed by atoms with Crippen molar-refractivity contribution in [1.29, 1.82) is 0 Å². The van der Waals surface area contributed by atoms with Gasteiger partial charge in [-0.05, 0) is 30.5 Å². The second-order valence-electron chi connectivity index (χ2n) is 6.86. The van der Waals surface area contributed by atoms with Crippen LogP contribution in [-0.2, 0) is 0 Å². The van der Waals surface area contributed by atoms with Crippen LogP contribution in [0, 0.1) is 6.92 Å². The fraction of sp³-hybridized carbons (Fsp3) is 0.0476. The van der Waals surface area contributed by atoms with E-state index in [1.54, 1.807) is 37.4 Å². The molecule has 5 rings (SSSR count). The molecule has 1 aromatic carbocycles. The van der Waals surface area contributed by atoms with Crippen LogP contribution in [0.3, 0.4) is 0 Å². The summed E-state index contributed by atoms with van der Waals surface area (Å²) in [6.07, 6.45) is 6.01. The highest BCUT2D eigenvalue weighted by molar-refractivity contribution is 6.32. The summed E-state index contributed by atoms with van der Waals surface area (Å²) >= 11 is 6.26. The largest absolute Gasteiger partial charge is 0.355 e. The number of anilines is 1. The van der Waals surface area contributed by atoms with E-state index in [0.29, 0.717) is 39.2 Å². The molecule has 10 nitrogen and oxygen atoms in total. The van der Waals surface area contributed by atoms with Crippen molar-refractivity contribution in [2.75, 3.05) is 5.32 Å². The van der Waals surface area contributed by atoms with E-state index in [4.69, 9.17) is 16.1 Å². The minimum atomic E-state index is -0.488. The van der Waals surface area contributed by atoms with Gasteiger partial charge in [0.15, 0.2) is 17.3 Å². The average molecular weight is 448 g/mol. The second kappa shape index (κ2) is 7.75.